The zero-order valence-electron chi connectivity index (χ0n) is 14.8. The summed E-state index contributed by atoms with van der Waals surface area (Å²) in [7, 11) is 0. The summed E-state index contributed by atoms with van der Waals surface area (Å²) in [6.45, 7) is 10.8. The van der Waals surface area contributed by atoms with Crippen molar-refractivity contribution in [2.75, 3.05) is 6.61 Å². The Balaban J connectivity index is 2.63. The maximum Gasteiger partial charge on any atom is 0.316 e. The van der Waals surface area contributed by atoms with Gasteiger partial charge in [-0.05, 0) is 68.7 Å². The minimum atomic E-state index is -0.595. The molecule has 0 saturated carbocycles. The molecule has 126 valence electrons. The third-order valence-electron chi connectivity index (χ3n) is 4.93. The van der Waals surface area contributed by atoms with Gasteiger partial charge >= 0.3 is 5.97 Å². The van der Waals surface area contributed by atoms with E-state index in [4.69, 9.17) is 16.3 Å². The van der Waals surface area contributed by atoms with Crippen LogP contribution in [0.4, 0.5) is 0 Å². The third kappa shape index (κ3) is 3.47. The largest absolute Gasteiger partial charge is 0.465 e. The molecular formula is C20H27ClO2. The third-order valence-corrected chi connectivity index (χ3v) is 5.16. The summed E-state index contributed by atoms with van der Waals surface area (Å²) in [5.74, 6) is -0.114. The highest BCUT2D eigenvalue weighted by atomic mass is 35.5. The Morgan fingerprint density at radius 2 is 1.96 bits per heavy atom. The molecule has 0 fully saturated rings. The van der Waals surface area contributed by atoms with Crippen molar-refractivity contribution in [1.29, 1.82) is 0 Å². The average molecular weight is 335 g/mol. The summed E-state index contributed by atoms with van der Waals surface area (Å²) in [6, 6.07) is 5.93. The molecule has 0 amide bonds. The molecule has 1 aliphatic carbocycles. The summed E-state index contributed by atoms with van der Waals surface area (Å²) in [5, 5.41) is 0.721. The summed E-state index contributed by atoms with van der Waals surface area (Å²) in [4.78, 5) is 12.9. The Morgan fingerprint density at radius 3 is 2.57 bits per heavy atom. The van der Waals surface area contributed by atoms with Gasteiger partial charge in [-0.2, -0.15) is 0 Å². The summed E-state index contributed by atoms with van der Waals surface area (Å²) >= 11 is 6.24. The van der Waals surface area contributed by atoms with Crippen LogP contribution in [0.1, 0.15) is 65.0 Å². The second-order valence-electron chi connectivity index (χ2n) is 7.36. The van der Waals surface area contributed by atoms with E-state index >= 15 is 0 Å². The van der Waals surface area contributed by atoms with Gasteiger partial charge < -0.3 is 4.74 Å². The zero-order chi connectivity index (χ0) is 17.3. The van der Waals surface area contributed by atoms with Gasteiger partial charge in [-0.25, -0.2) is 0 Å². The highest BCUT2D eigenvalue weighted by Gasteiger charge is 2.48. The number of allylic oxidation sites excluding steroid dienone is 2. The van der Waals surface area contributed by atoms with Crippen LogP contribution >= 0.6 is 11.6 Å². The normalized spacial score (nSPS) is 22.2. The highest BCUT2D eigenvalue weighted by Crippen LogP contribution is 2.49. The average Bonchev–Trinajstić information content (AvgIpc) is 2.47. The van der Waals surface area contributed by atoms with Crippen molar-refractivity contribution in [3.63, 3.8) is 0 Å². The molecule has 1 unspecified atom stereocenters. The highest BCUT2D eigenvalue weighted by molar-refractivity contribution is 6.30. The van der Waals surface area contributed by atoms with Gasteiger partial charge in [0, 0.05) is 5.02 Å². The van der Waals surface area contributed by atoms with E-state index in [0.717, 1.165) is 23.4 Å². The molecule has 1 aromatic rings. The predicted octanol–water partition coefficient (Wildman–Crippen LogP) is 5.57. The first-order valence-corrected chi connectivity index (χ1v) is 8.72. The Kier molecular flexibility index (Phi) is 5.25. The molecule has 0 saturated heterocycles. The molecule has 0 spiro atoms. The van der Waals surface area contributed by atoms with Crippen molar-refractivity contribution in [2.24, 2.45) is 0 Å². The molecule has 2 nitrogen and oxygen atoms in total. The number of ether oxygens (including phenoxy) is 1. The Labute approximate surface area is 144 Å². The molecular weight excluding hydrogens is 308 g/mol. The quantitative estimate of drug-likeness (QED) is 0.531. The molecule has 1 atom stereocenters. The van der Waals surface area contributed by atoms with Crippen molar-refractivity contribution >= 4 is 17.6 Å². The van der Waals surface area contributed by atoms with Crippen molar-refractivity contribution in [3.05, 3.63) is 46.0 Å². The fourth-order valence-corrected chi connectivity index (χ4v) is 3.62. The molecule has 23 heavy (non-hydrogen) atoms. The molecule has 0 heterocycles. The molecule has 2 rings (SSSR count). The molecule has 0 aromatic heterocycles. The summed E-state index contributed by atoms with van der Waals surface area (Å²) in [6.07, 6.45) is 4.57. The van der Waals surface area contributed by atoms with Crippen molar-refractivity contribution < 1.29 is 9.53 Å². The second kappa shape index (κ2) is 6.68. The van der Waals surface area contributed by atoms with Crippen LogP contribution in [0, 0.1) is 0 Å². The van der Waals surface area contributed by atoms with Gasteiger partial charge in [-0.1, -0.05) is 43.2 Å². The van der Waals surface area contributed by atoms with E-state index in [1.807, 2.05) is 25.1 Å². The molecule has 1 aromatic carbocycles. The molecule has 0 aliphatic heterocycles. The number of halogens is 1. The number of hydrogen-bond acceptors (Lipinski definition) is 2. The van der Waals surface area contributed by atoms with Crippen LogP contribution in [0.3, 0.4) is 0 Å². The maximum absolute atomic E-state index is 12.9. The van der Waals surface area contributed by atoms with Gasteiger partial charge in [0.1, 0.15) is 0 Å². The van der Waals surface area contributed by atoms with E-state index in [-0.39, 0.29) is 11.4 Å². The lowest BCUT2D eigenvalue weighted by molar-refractivity contribution is -0.151. The van der Waals surface area contributed by atoms with Gasteiger partial charge in [0.15, 0.2) is 0 Å². The van der Waals surface area contributed by atoms with Gasteiger partial charge in [0.05, 0.1) is 12.0 Å². The summed E-state index contributed by atoms with van der Waals surface area (Å²) < 4.78 is 5.47. The van der Waals surface area contributed by atoms with Crippen LogP contribution in [0.15, 0.2) is 29.8 Å². The topological polar surface area (TPSA) is 26.3 Å². The lowest BCUT2D eigenvalue weighted by Crippen LogP contribution is -2.44. The lowest BCUT2D eigenvalue weighted by atomic mass is 9.60. The van der Waals surface area contributed by atoms with Crippen LogP contribution in [0.25, 0.3) is 0 Å². The van der Waals surface area contributed by atoms with Crippen LogP contribution in [0.2, 0.25) is 5.02 Å². The number of fused-ring (bicyclic) bond motifs is 1. The smallest absolute Gasteiger partial charge is 0.316 e. The Hall–Kier alpha value is -1.28. The minimum absolute atomic E-state index is 0.0151. The van der Waals surface area contributed by atoms with Gasteiger partial charge in [-0.15, -0.1) is 0 Å². The molecule has 1 aliphatic rings. The lowest BCUT2D eigenvalue weighted by Gasteiger charge is -2.43. The van der Waals surface area contributed by atoms with E-state index in [0.29, 0.717) is 13.0 Å². The first-order chi connectivity index (χ1) is 10.7. The first kappa shape index (κ1) is 18.1. The van der Waals surface area contributed by atoms with Crippen molar-refractivity contribution in [1.82, 2.24) is 0 Å². The monoisotopic (exact) mass is 334 g/mol. The van der Waals surface area contributed by atoms with Crippen molar-refractivity contribution in [2.45, 2.75) is 64.7 Å². The SMILES string of the molecule is CCOC(=O)C1(CC=C(C)C)CCC(C)(C)c2cc(Cl)ccc21. The van der Waals surface area contributed by atoms with Gasteiger partial charge in [0.2, 0.25) is 0 Å². The molecule has 0 bridgehead atoms. The number of benzene rings is 1. The molecule has 0 N–H and O–H groups in total. The van der Waals surface area contributed by atoms with E-state index in [1.54, 1.807) is 0 Å². The fourth-order valence-electron chi connectivity index (χ4n) is 3.44. The van der Waals surface area contributed by atoms with Crippen LogP contribution in [-0.4, -0.2) is 12.6 Å². The Bertz CT molecular complexity index is 627. The Morgan fingerprint density at radius 1 is 1.26 bits per heavy atom. The van der Waals surface area contributed by atoms with Gasteiger partial charge in [-0.3, -0.25) is 4.79 Å². The van der Waals surface area contributed by atoms with E-state index in [9.17, 15) is 4.79 Å². The molecule has 3 heteroatoms. The number of rotatable bonds is 4. The minimum Gasteiger partial charge on any atom is -0.465 e. The number of carbonyl (C=O) groups is 1. The van der Waals surface area contributed by atoms with E-state index < -0.39 is 5.41 Å². The van der Waals surface area contributed by atoms with Crippen LogP contribution < -0.4 is 0 Å². The van der Waals surface area contributed by atoms with E-state index in [1.165, 1.54) is 11.1 Å². The van der Waals surface area contributed by atoms with Crippen molar-refractivity contribution in [3.8, 4) is 0 Å². The number of carbonyl (C=O) groups excluding carboxylic acids is 1. The standard InChI is InChI=1S/C20H27ClO2/c1-6-23-18(22)20(10-9-14(2)3)12-11-19(4,5)17-13-15(21)7-8-16(17)20/h7-9,13H,6,10-12H2,1-5H3. The predicted molar refractivity (Wildman–Crippen MR) is 96.1 cm³/mol. The number of esters is 1. The number of hydrogen-bond donors (Lipinski definition) is 0. The fraction of sp³-hybridized carbons (Fsp3) is 0.550. The summed E-state index contributed by atoms with van der Waals surface area (Å²) in [5.41, 5.74) is 2.89. The van der Waals surface area contributed by atoms with E-state index in [2.05, 4.69) is 33.8 Å². The second-order valence-corrected chi connectivity index (χ2v) is 7.80. The van der Waals surface area contributed by atoms with Gasteiger partial charge in [0.25, 0.3) is 0 Å². The van der Waals surface area contributed by atoms with Crippen LogP contribution in [-0.2, 0) is 20.4 Å². The van der Waals surface area contributed by atoms with Crippen LogP contribution in [0.5, 0.6) is 0 Å². The molecule has 0 radical (unpaired) electrons. The first-order valence-electron chi connectivity index (χ1n) is 8.34. The maximum atomic E-state index is 12.9. The zero-order valence-corrected chi connectivity index (χ0v) is 15.6.